The predicted octanol–water partition coefficient (Wildman–Crippen LogP) is 4.19. The number of nitrogens with one attached hydrogen (secondary N) is 2. The summed E-state index contributed by atoms with van der Waals surface area (Å²) in [4.78, 5) is 19.8. The van der Waals surface area contributed by atoms with Crippen molar-refractivity contribution < 1.29 is 9.53 Å². The van der Waals surface area contributed by atoms with Crippen molar-refractivity contribution in [3.63, 3.8) is 0 Å². The van der Waals surface area contributed by atoms with Gasteiger partial charge in [-0.05, 0) is 36.8 Å². The van der Waals surface area contributed by atoms with Crippen LogP contribution >= 0.6 is 23.4 Å². The Bertz CT molecular complexity index is 897. The molecule has 3 rings (SSSR count). The zero-order chi connectivity index (χ0) is 17.8. The number of H-pyrrole nitrogens is 1. The maximum Gasteiger partial charge on any atom is 0.230 e. The number of carbonyl (C=O) groups excluding carboxylic acids is 1. The molecule has 0 fully saturated rings. The number of halogens is 1. The van der Waals surface area contributed by atoms with Crippen molar-refractivity contribution in [2.24, 2.45) is 0 Å². The molecule has 1 aromatic heterocycles. The zero-order valence-corrected chi connectivity index (χ0v) is 15.4. The molecule has 25 heavy (non-hydrogen) atoms. The minimum Gasteiger partial charge on any atom is -0.497 e. The monoisotopic (exact) mass is 375 g/mol. The number of thioether (sulfide) groups is 1. The van der Waals surface area contributed by atoms with E-state index < -0.39 is 0 Å². The van der Waals surface area contributed by atoms with Crippen LogP contribution in [-0.2, 0) is 4.79 Å². The molecule has 0 saturated carbocycles. The van der Waals surface area contributed by atoms with E-state index in [1.54, 1.807) is 7.11 Å². The number of imidazole rings is 1. The van der Waals surface area contributed by atoms with Gasteiger partial charge < -0.3 is 15.0 Å². The quantitative estimate of drug-likeness (QED) is 0.634. The van der Waals surface area contributed by atoms with Crippen LogP contribution in [0.15, 0.2) is 47.6 Å². The number of rotatable bonds is 6. The number of ether oxygens (including phenoxy) is 1. The Hall–Kier alpha value is -2.18. The van der Waals surface area contributed by atoms with Gasteiger partial charge in [-0.1, -0.05) is 35.5 Å². The fourth-order valence-corrected chi connectivity index (χ4v) is 3.33. The highest BCUT2D eigenvalue weighted by molar-refractivity contribution is 7.99. The summed E-state index contributed by atoms with van der Waals surface area (Å²) < 4.78 is 5.20. The van der Waals surface area contributed by atoms with Crippen molar-refractivity contribution in [2.75, 3.05) is 12.9 Å². The number of amides is 1. The highest BCUT2D eigenvalue weighted by atomic mass is 35.5. The summed E-state index contributed by atoms with van der Waals surface area (Å²) in [5, 5.41) is 4.33. The Labute approximate surface area is 155 Å². The van der Waals surface area contributed by atoms with Crippen LogP contribution in [-0.4, -0.2) is 28.7 Å². The highest BCUT2D eigenvalue weighted by Gasteiger charge is 2.12. The first-order valence-corrected chi connectivity index (χ1v) is 9.13. The minimum atomic E-state index is -0.105. The number of fused-ring (bicyclic) bond motifs is 1. The Morgan fingerprint density at radius 3 is 2.96 bits per heavy atom. The topological polar surface area (TPSA) is 67.0 Å². The molecular weight excluding hydrogens is 358 g/mol. The van der Waals surface area contributed by atoms with Gasteiger partial charge in [0, 0.05) is 11.1 Å². The molecule has 7 heteroatoms. The van der Waals surface area contributed by atoms with Crippen LogP contribution < -0.4 is 10.1 Å². The molecular formula is C18H18ClN3O2S. The largest absolute Gasteiger partial charge is 0.497 e. The van der Waals surface area contributed by atoms with E-state index in [2.05, 4.69) is 15.3 Å². The number of nitrogens with zero attached hydrogens (tertiary/aromatic N) is 1. The lowest BCUT2D eigenvalue weighted by molar-refractivity contribution is -0.119. The summed E-state index contributed by atoms with van der Waals surface area (Å²) in [6, 6.07) is 13.0. The van der Waals surface area contributed by atoms with Crippen molar-refractivity contribution in [3.05, 3.63) is 53.1 Å². The Balaban J connectivity index is 1.58. The van der Waals surface area contributed by atoms with Crippen molar-refractivity contribution in [3.8, 4) is 5.75 Å². The van der Waals surface area contributed by atoms with Crippen LogP contribution in [0.25, 0.3) is 11.0 Å². The third-order valence-electron chi connectivity index (χ3n) is 3.73. The van der Waals surface area contributed by atoms with Gasteiger partial charge in [-0.2, -0.15) is 0 Å². The van der Waals surface area contributed by atoms with E-state index in [1.807, 2.05) is 49.4 Å². The lowest BCUT2D eigenvalue weighted by Crippen LogP contribution is -2.28. The van der Waals surface area contributed by atoms with Gasteiger partial charge in [0.2, 0.25) is 5.91 Å². The normalized spacial score (nSPS) is 12.1. The number of benzene rings is 2. The summed E-state index contributed by atoms with van der Waals surface area (Å²) >= 11 is 7.35. The molecule has 1 heterocycles. The van der Waals surface area contributed by atoms with Gasteiger partial charge in [-0.15, -0.1) is 0 Å². The van der Waals surface area contributed by atoms with Crippen molar-refractivity contribution in [1.29, 1.82) is 0 Å². The first-order valence-electron chi connectivity index (χ1n) is 7.76. The third-order valence-corrected chi connectivity index (χ3v) is 4.84. The standard InChI is InChI=1S/C18H18ClN3O2S/c1-11(12-4-3-5-13(19)8-12)20-17(23)10-25-18-21-15-7-6-14(24-2)9-16(15)22-18/h3-9,11H,10H2,1-2H3,(H,20,23)(H,21,22). The van der Waals surface area contributed by atoms with Crippen LogP contribution in [0.2, 0.25) is 5.02 Å². The maximum absolute atomic E-state index is 12.2. The minimum absolute atomic E-state index is 0.0597. The average molecular weight is 376 g/mol. The van der Waals surface area contributed by atoms with Gasteiger partial charge >= 0.3 is 0 Å². The van der Waals surface area contributed by atoms with Crippen molar-refractivity contribution >= 4 is 40.3 Å². The summed E-state index contributed by atoms with van der Waals surface area (Å²) in [5.41, 5.74) is 2.70. The van der Waals surface area contributed by atoms with Crippen LogP contribution in [0, 0.1) is 0 Å². The molecule has 0 spiro atoms. The number of methoxy groups -OCH3 is 1. The number of carbonyl (C=O) groups is 1. The molecule has 0 aliphatic rings. The van der Waals surface area contributed by atoms with E-state index >= 15 is 0 Å². The van der Waals surface area contributed by atoms with Crippen LogP contribution in [0.4, 0.5) is 0 Å². The molecule has 130 valence electrons. The van der Waals surface area contributed by atoms with Crippen molar-refractivity contribution in [1.82, 2.24) is 15.3 Å². The Morgan fingerprint density at radius 2 is 2.20 bits per heavy atom. The number of aromatic amines is 1. The SMILES string of the molecule is COc1ccc2nc(SCC(=O)NC(C)c3cccc(Cl)c3)[nH]c2c1. The van der Waals surface area contributed by atoms with Gasteiger partial charge in [-0.25, -0.2) is 4.98 Å². The van der Waals surface area contributed by atoms with Gasteiger partial charge in [0.25, 0.3) is 0 Å². The molecule has 1 atom stereocenters. The molecule has 0 radical (unpaired) electrons. The van der Waals surface area contributed by atoms with E-state index in [4.69, 9.17) is 16.3 Å². The lowest BCUT2D eigenvalue weighted by atomic mass is 10.1. The molecule has 5 nitrogen and oxygen atoms in total. The molecule has 0 aliphatic heterocycles. The Kier molecular flexibility index (Phi) is 5.50. The van der Waals surface area contributed by atoms with Gasteiger partial charge in [-0.3, -0.25) is 4.79 Å². The maximum atomic E-state index is 12.2. The highest BCUT2D eigenvalue weighted by Crippen LogP contribution is 2.23. The van der Waals surface area contributed by atoms with E-state index in [-0.39, 0.29) is 17.7 Å². The van der Waals surface area contributed by atoms with E-state index in [0.717, 1.165) is 22.3 Å². The first kappa shape index (κ1) is 17.6. The van der Waals surface area contributed by atoms with Crippen LogP contribution in [0.1, 0.15) is 18.5 Å². The third kappa shape index (κ3) is 4.46. The second-order valence-corrected chi connectivity index (χ2v) is 6.96. The van der Waals surface area contributed by atoms with Crippen molar-refractivity contribution in [2.45, 2.75) is 18.1 Å². The predicted molar refractivity (Wildman–Crippen MR) is 101 cm³/mol. The molecule has 0 saturated heterocycles. The molecule has 0 aliphatic carbocycles. The fraction of sp³-hybridized carbons (Fsp3) is 0.222. The number of aromatic nitrogens is 2. The van der Waals surface area contributed by atoms with E-state index in [1.165, 1.54) is 11.8 Å². The molecule has 2 N–H and O–H groups in total. The lowest BCUT2D eigenvalue weighted by Gasteiger charge is -2.14. The first-order chi connectivity index (χ1) is 12.0. The molecule has 2 aromatic carbocycles. The van der Waals surface area contributed by atoms with Gasteiger partial charge in [0.1, 0.15) is 5.75 Å². The van der Waals surface area contributed by atoms with Gasteiger partial charge in [0.15, 0.2) is 5.16 Å². The summed E-state index contributed by atoms with van der Waals surface area (Å²) in [6.45, 7) is 1.93. The molecule has 0 bridgehead atoms. The molecule has 1 amide bonds. The second-order valence-electron chi connectivity index (χ2n) is 5.56. The van der Waals surface area contributed by atoms with Crippen LogP contribution in [0.5, 0.6) is 5.75 Å². The van der Waals surface area contributed by atoms with E-state index in [9.17, 15) is 4.79 Å². The smallest absolute Gasteiger partial charge is 0.230 e. The van der Waals surface area contributed by atoms with Gasteiger partial charge in [0.05, 0.1) is 29.9 Å². The van der Waals surface area contributed by atoms with Crippen LogP contribution in [0.3, 0.4) is 0 Å². The molecule has 1 unspecified atom stereocenters. The van der Waals surface area contributed by atoms with E-state index in [0.29, 0.717) is 10.2 Å². The summed E-state index contributed by atoms with van der Waals surface area (Å²) in [7, 11) is 1.62. The zero-order valence-electron chi connectivity index (χ0n) is 13.9. The summed E-state index contributed by atoms with van der Waals surface area (Å²) in [5.74, 6) is 0.985. The average Bonchev–Trinajstić information content (AvgIpc) is 3.01. The summed E-state index contributed by atoms with van der Waals surface area (Å²) in [6.07, 6.45) is 0. The fourth-order valence-electron chi connectivity index (χ4n) is 2.44. The second kappa shape index (κ2) is 7.80. The number of hydrogen-bond donors (Lipinski definition) is 2. The molecule has 3 aromatic rings. The number of hydrogen-bond acceptors (Lipinski definition) is 4. The Morgan fingerprint density at radius 1 is 1.36 bits per heavy atom.